The second-order valence-electron chi connectivity index (χ2n) is 5.67. The molecule has 2 aliphatic rings. The molecule has 0 saturated carbocycles. The predicted molar refractivity (Wildman–Crippen MR) is 79.2 cm³/mol. The third-order valence-electron chi connectivity index (χ3n) is 4.27. The van der Waals surface area contributed by atoms with Gasteiger partial charge >= 0.3 is 0 Å². The number of ether oxygens (including phenoxy) is 1. The maximum absolute atomic E-state index is 12.3. The molecule has 0 radical (unpaired) electrons. The van der Waals surface area contributed by atoms with Crippen molar-refractivity contribution in [3.05, 3.63) is 41.6 Å². The molecule has 1 atom stereocenters. The lowest BCUT2D eigenvalue weighted by Gasteiger charge is -2.28. The molecule has 0 N–H and O–H groups in total. The largest absolute Gasteiger partial charge is 0.469 e. The summed E-state index contributed by atoms with van der Waals surface area (Å²) in [5.74, 6) is 1.71. The highest BCUT2D eigenvalue weighted by atomic mass is 16.5. The predicted octanol–water partition coefficient (Wildman–Crippen LogP) is 1.82. The summed E-state index contributed by atoms with van der Waals surface area (Å²) in [5.41, 5.74) is 1.48. The summed E-state index contributed by atoms with van der Waals surface area (Å²) in [6, 6.07) is 3.78. The number of Topliss-reactive ketones (excluding diaryl/α,β-unsaturated/α-hetero) is 1. The van der Waals surface area contributed by atoms with E-state index in [1.54, 1.807) is 12.5 Å². The molecule has 1 aliphatic carbocycles. The van der Waals surface area contributed by atoms with Crippen molar-refractivity contribution in [2.45, 2.75) is 18.8 Å². The molecule has 6 nitrogen and oxygen atoms in total. The maximum Gasteiger partial charge on any atom is 0.225 e. The first kappa shape index (κ1) is 13.5. The van der Waals surface area contributed by atoms with E-state index in [0.717, 1.165) is 24.5 Å². The quantitative estimate of drug-likeness (QED) is 0.842. The molecule has 3 heterocycles. The molecule has 2 aromatic heterocycles. The van der Waals surface area contributed by atoms with Crippen molar-refractivity contribution in [1.82, 2.24) is 9.97 Å². The lowest BCUT2D eigenvalue weighted by atomic mass is 9.85. The molecule has 2 aromatic rings. The average Bonchev–Trinajstić information content (AvgIpc) is 3.09. The van der Waals surface area contributed by atoms with Crippen LogP contribution in [0.15, 0.2) is 29.0 Å². The second kappa shape index (κ2) is 5.53. The molecule has 0 aromatic carbocycles. The minimum atomic E-state index is 0.0717. The van der Waals surface area contributed by atoms with Crippen LogP contribution in [0.4, 0.5) is 5.95 Å². The van der Waals surface area contributed by atoms with Crippen molar-refractivity contribution >= 4 is 11.7 Å². The van der Waals surface area contributed by atoms with E-state index < -0.39 is 0 Å². The van der Waals surface area contributed by atoms with E-state index >= 15 is 0 Å². The fraction of sp³-hybridized carbons (Fsp3) is 0.438. The Bertz CT molecular complexity index is 678. The number of hydrogen-bond donors (Lipinski definition) is 0. The zero-order valence-electron chi connectivity index (χ0n) is 12.2. The van der Waals surface area contributed by atoms with Crippen LogP contribution < -0.4 is 4.90 Å². The minimum absolute atomic E-state index is 0.0717. The lowest BCUT2D eigenvalue weighted by molar-refractivity contribution is 0.0958. The fourth-order valence-electron chi connectivity index (χ4n) is 3.07. The number of carbonyl (C=O) groups is 1. The number of anilines is 1. The van der Waals surface area contributed by atoms with Crippen LogP contribution in [0.1, 0.15) is 34.2 Å². The SMILES string of the molecule is O=C1C[C@@H](c2ccco2)Cc2nc(N3CCOCC3)ncc21. The van der Waals surface area contributed by atoms with Crippen LogP contribution in [0.25, 0.3) is 0 Å². The topological polar surface area (TPSA) is 68.5 Å². The van der Waals surface area contributed by atoms with Gasteiger partial charge in [0.15, 0.2) is 5.78 Å². The first-order chi connectivity index (χ1) is 10.8. The third-order valence-corrected chi connectivity index (χ3v) is 4.27. The van der Waals surface area contributed by atoms with Gasteiger partial charge in [0, 0.05) is 38.0 Å². The van der Waals surface area contributed by atoms with Crippen LogP contribution in [0.2, 0.25) is 0 Å². The first-order valence-corrected chi connectivity index (χ1v) is 7.56. The second-order valence-corrected chi connectivity index (χ2v) is 5.67. The van der Waals surface area contributed by atoms with Gasteiger partial charge in [-0.05, 0) is 12.1 Å². The Labute approximate surface area is 128 Å². The summed E-state index contributed by atoms with van der Waals surface area (Å²) in [6.45, 7) is 2.95. The number of nitrogens with zero attached hydrogens (tertiary/aromatic N) is 3. The summed E-state index contributed by atoms with van der Waals surface area (Å²) in [4.78, 5) is 23.4. The molecule has 114 valence electrons. The van der Waals surface area contributed by atoms with E-state index in [9.17, 15) is 4.79 Å². The zero-order valence-corrected chi connectivity index (χ0v) is 12.2. The van der Waals surface area contributed by atoms with Gasteiger partial charge in [-0.15, -0.1) is 0 Å². The number of carbonyl (C=O) groups excluding carboxylic acids is 1. The van der Waals surface area contributed by atoms with Crippen LogP contribution in [0.5, 0.6) is 0 Å². The van der Waals surface area contributed by atoms with Crippen molar-refractivity contribution in [1.29, 1.82) is 0 Å². The monoisotopic (exact) mass is 299 g/mol. The van der Waals surface area contributed by atoms with Gasteiger partial charge in [-0.3, -0.25) is 4.79 Å². The van der Waals surface area contributed by atoms with Crippen molar-refractivity contribution in [2.24, 2.45) is 0 Å². The zero-order chi connectivity index (χ0) is 14.9. The molecule has 1 aliphatic heterocycles. The lowest BCUT2D eigenvalue weighted by Crippen LogP contribution is -2.37. The van der Waals surface area contributed by atoms with Gasteiger partial charge in [-0.25, -0.2) is 9.97 Å². The van der Waals surface area contributed by atoms with Crippen LogP contribution in [-0.4, -0.2) is 42.1 Å². The van der Waals surface area contributed by atoms with Crippen LogP contribution >= 0.6 is 0 Å². The standard InChI is InChI=1S/C16H17N3O3/c20-14-9-11(15-2-1-5-22-15)8-13-12(14)10-17-16(18-13)19-3-6-21-7-4-19/h1-2,5,10-11H,3-4,6-9H2/t11-/m0/s1. The maximum atomic E-state index is 12.3. The van der Waals surface area contributed by atoms with Crippen molar-refractivity contribution in [3.63, 3.8) is 0 Å². The number of fused-ring (bicyclic) bond motifs is 1. The van der Waals surface area contributed by atoms with E-state index in [2.05, 4.69) is 14.9 Å². The van der Waals surface area contributed by atoms with Crippen molar-refractivity contribution < 1.29 is 13.9 Å². The van der Waals surface area contributed by atoms with Crippen molar-refractivity contribution in [3.8, 4) is 0 Å². The molecular formula is C16H17N3O3. The normalized spacial score (nSPS) is 21.7. The average molecular weight is 299 g/mol. The van der Waals surface area contributed by atoms with Crippen LogP contribution in [0, 0.1) is 0 Å². The number of furan rings is 1. The Morgan fingerprint density at radius 3 is 2.86 bits per heavy atom. The van der Waals surface area contributed by atoms with Gasteiger partial charge < -0.3 is 14.1 Å². The molecule has 6 heteroatoms. The Morgan fingerprint density at radius 1 is 1.23 bits per heavy atom. The van der Waals surface area contributed by atoms with Gasteiger partial charge in [-0.1, -0.05) is 0 Å². The molecule has 1 fully saturated rings. The van der Waals surface area contributed by atoms with E-state index in [1.165, 1.54) is 0 Å². The smallest absolute Gasteiger partial charge is 0.225 e. The van der Waals surface area contributed by atoms with Crippen LogP contribution in [0.3, 0.4) is 0 Å². The summed E-state index contributed by atoms with van der Waals surface area (Å²) in [5, 5.41) is 0. The molecular weight excluding hydrogens is 282 g/mol. The molecule has 1 saturated heterocycles. The van der Waals surface area contributed by atoms with Gasteiger partial charge in [-0.2, -0.15) is 0 Å². The minimum Gasteiger partial charge on any atom is -0.469 e. The Hall–Kier alpha value is -2.21. The van der Waals surface area contributed by atoms with E-state index in [0.29, 0.717) is 37.6 Å². The molecule has 4 rings (SSSR count). The molecule has 0 bridgehead atoms. The number of aromatic nitrogens is 2. The van der Waals surface area contributed by atoms with E-state index in [4.69, 9.17) is 9.15 Å². The van der Waals surface area contributed by atoms with Crippen molar-refractivity contribution in [2.75, 3.05) is 31.2 Å². The summed E-state index contributed by atoms with van der Waals surface area (Å²) >= 11 is 0. The summed E-state index contributed by atoms with van der Waals surface area (Å²) in [6.07, 6.45) is 4.50. The number of rotatable bonds is 2. The van der Waals surface area contributed by atoms with Crippen LogP contribution in [-0.2, 0) is 11.2 Å². The highest BCUT2D eigenvalue weighted by Crippen LogP contribution is 2.32. The number of morpholine rings is 1. The molecule has 0 spiro atoms. The summed E-state index contributed by atoms with van der Waals surface area (Å²) < 4.78 is 10.8. The summed E-state index contributed by atoms with van der Waals surface area (Å²) in [7, 11) is 0. The highest BCUT2D eigenvalue weighted by molar-refractivity contribution is 5.98. The molecule has 22 heavy (non-hydrogen) atoms. The fourth-order valence-corrected chi connectivity index (χ4v) is 3.07. The first-order valence-electron chi connectivity index (χ1n) is 7.56. The third kappa shape index (κ3) is 2.39. The van der Waals surface area contributed by atoms with Gasteiger partial charge in [0.2, 0.25) is 5.95 Å². The number of hydrogen-bond acceptors (Lipinski definition) is 6. The molecule has 0 amide bonds. The highest BCUT2D eigenvalue weighted by Gasteiger charge is 2.30. The van der Waals surface area contributed by atoms with E-state index in [1.807, 2.05) is 12.1 Å². The van der Waals surface area contributed by atoms with E-state index in [-0.39, 0.29) is 11.7 Å². The van der Waals surface area contributed by atoms with Gasteiger partial charge in [0.1, 0.15) is 5.76 Å². The van der Waals surface area contributed by atoms with Gasteiger partial charge in [0.25, 0.3) is 0 Å². The Morgan fingerprint density at radius 2 is 2.09 bits per heavy atom. The molecule has 0 unspecified atom stereocenters. The Balaban J connectivity index is 1.64. The Kier molecular flexibility index (Phi) is 3.38. The van der Waals surface area contributed by atoms with Gasteiger partial charge in [0.05, 0.1) is 30.7 Å². The number of ketones is 1.